The monoisotopic (exact) mass is 316 g/mol. The first-order valence-corrected chi connectivity index (χ1v) is 6.87. The van der Waals surface area contributed by atoms with Gasteiger partial charge >= 0.3 is 5.97 Å². The van der Waals surface area contributed by atoms with E-state index in [9.17, 15) is 14.4 Å². The molecule has 0 aliphatic rings. The maximum atomic E-state index is 12.1. The predicted molar refractivity (Wildman–Crippen MR) is 83.2 cm³/mol. The fraction of sp³-hybridized carbons (Fsp3) is 0.200. The number of carbonyl (C=O) groups excluding carboxylic acids is 2. The number of aryl methyl sites for hydroxylation is 1. The summed E-state index contributed by atoms with van der Waals surface area (Å²) in [5.41, 5.74) is 1.54. The van der Waals surface area contributed by atoms with Crippen LogP contribution in [0.4, 0.5) is 11.4 Å². The molecule has 8 heteroatoms. The van der Waals surface area contributed by atoms with Gasteiger partial charge in [-0.2, -0.15) is 5.10 Å². The van der Waals surface area contributed by atoms with Crippen LogP contribution in [-0.4, -0.2) is 32.7 Å². The van der Waals surface area contributed by atoms with Crippen LogP contribution in [0.1, 0.15) is 23.7 Å². The number of nitrogens with one attached hydrogen (secondary N) is 2. The van der Waals surface area contributed by atoms with Crippen molar-refractivity contribution in [3.63, 3.8) is 0 Å². The number of rotatable bonds is 6. The van der Waals surface area contributed by atoms with Gasteiger partial charge in [-0.25, -0.2) is 0 Å². The predicted octanol–water partition coefficient (Wildman–Crippen LogP) is 1.57. The highest BCUT2D eigenvalue weighted by molar-refractivity contribution is 6.04. The number of amides is 2. The molecule has 0 aliphatic heterocycles. The summed E-state index contributed by atoms with van der Waals surface area (Å²) in [5, 5.41) is 17.9. The molecule has 0 fully saturated rings. The van der Waals surface area contributed by atoms with Crippen LogP contribution in [0.25, 0.3) is 0 Å². The fourth-order valence-electron chi connectivity index (χ4n) is 1.86. The minimum atomic E-state index is -0.925. The number of benzene rings is 1. The van der Waals surface area contributed by atoms with E-state index in [4.69, 9.17) is 5.11 Å². The summed E-state index contributed by atoms with van der Waals surface area (Å²) in [6.45, 7) is 1.62. The van der Waals surface area contributed by atoms with Crippen molar-refractivity contribution in [1.29, 1.82) is 0 Å². The topological polar surface area (TPSA) is 113 Å². The highest BCUT2D eigenvalue weighted by Gasteiger charge is 2.10. The summed E-state index contributed by atoms with van der Waals surface area (Å²) in [5.74, 6) is -1.44. The summed E-state index contributed by atoms with van der Waals surface area (Å²) in [7, 11) is 0. The van der Waals surface area contributed by atoms with Gasteiger partial charge in [0, 0.05) is 24.5 Å². The standard InChI is InChI=1S/C15H16N4O4/c1-10(20)17-12-2-4-13(5-3-12)18-15(23)11-8-16-19(9-11)7-6-14(21)22/h2-5,8-9H,6-7H2,1H3,(H,17,20)(H,18,23)(H,21,22). The molecule has 2 amide bonds. The number of anilines is 2. The van der Waals surface area contributed by atoms with E-state index in [0.717, 1.165) is 0 Å². The van der Waals surface area contributed by atoms with Crippen molar-refractivity contribution in [3.8, 4) is 0 Å². The van der Waals surface area contributed by atoms with E-state index >= 15 is 0 Å². The van der Waals surface area contributed by atoms with Crippen LogP contribution >= 0.6 is 0 Å². The van der Waals surface area contributed by atoms with Gasteiger partial charge in [0.1, 0.15) is 0 Å². The largest absolute Gasteiger partial charge is 0.481 e. The molecule has 0 radical (unpaired) electrons. The van der Waals surface area contributed by atoms with Gasteiger partial charge in [-0.05, 0) is 24.3 Å². The van der Waals surface area contributed by atoms with Crippen molar-refractivity contribution in [2.45, 2.75) is 19.9 Å². The van der Waals surface area contributed by atoms with E-state index in [1.54, 1.807) is 24.3 Å². The average molecular weight is 316 g/mol. The molecule has 0 saturated carbocycles. The Morgan fingerprint density at radius 1 is 1.13 bits per heavy atom. The summed E-state index contributed by atoms with van der Waals surface area (Å²) >= 11 is 0. The maximum absolute atomic E-state index is 12.1. The van der Waals surface area contributed by atoms with Crippen LogP contribution in [0.15, 0.2) is 36.7 Å². The fourth-order valence-corrected chi connectivity index (χ4v) is 1.86. The van der Waals surface area contributed by atoms with Gasteiger partial charge in [0.05, 0.1) is 24.7 Å². The minimum Gasteiger partial charge on any atom is -0.481 e. The van der Waals surface area contributed by atoms with Crippen LogP contribution in [0.5, 0.6) is 0 Å². The molecule has 1 aromatic heterocycles. The molecule has 0 aliphatic carbocycles. The van der Waals surface area contributed by atoms with Gasteiger partial charge in [-0.3, -0.25) is 19.1 Å². The number of carboxylic acid groups (broad SMARTS) is 1. The zero-order valence-corrected chi connectivity index (χ0v) is 12.4. The Morgan fingerprint density at radius 3 is 2.30 bits per heavy atom. The molecule has 0 bridgehead atoms. The van der Waals surface area contributed by atoms with Crippen LogP contribution in [-0.2, 0) is 16.1 Å². The zero-order chi connectivity index (χ0) is 16.8. The van der Waals surface area contributed by atoms with Gasteiger partial charge in [0.2, 0.25) is 5.91 Å². The molecular formula is C15H16N4O4. The molecule has 0 spiro atoms. The molecule has 23 heavy (non-hydrogen) atoms. The lowest BCUT2D eigenvalue weighted by atomic mass is 10.2. The van der Waals surface area contributed by atoms with Crippen molar-refractivity contribution in [3.05, 3.63) is 42.2 Å². The van der Waals surface area contributed by atoms with Crippen molar-refractivity contribution < 1.29 is 19.5 Å². The van der Waals surface area contributed by atoms with Crippen molar-refractivity contribution in [1.82, 2.24) is 9.78 Å². The first kappa shape index (κ1) is 16.2. The number of carbonyl (C=O) groups is 3. The SMILES string of the molecule is CC(=O)Nc1ccc(NC(=O)c2cnn(CCC(=O)O)c2)cc1. The third-order valence-electron chi connectivity index (χ3n) is 2.91. The highest BCUT2D eigenvalue weighted by Crippen LogP contribution is 2.14. The van der Waals surface area contributed by atoms with Gasteiger partial charge in [-0.15, -0.1) is 0 Å². The summed E-state index contributed by atoms with van der Waals surface area (Å²) in [6, 6.07) is 6.68. The lowest BCUT2D eigenvalue weighted by molar-refractivity contribution is -0.137. The van der Waals surface area contributed by atoms with E-state index in [-0.39, 0.29) is 24.8 Å². The molecule has 0 saturated heterocycles. The average Bonchev–Trinajstić information content (AvgIpc) is 2.95. The molecule has 1 aromatic carbocycles. The number of aromatic nitrogens is 2. The molecule has 2 aromatic rings. The Hall–Kier alpha value is -3.16. The quantitative estimate of drug-likeness (QED) is 0.748. The molecule has 1 heterocycles. The number of hydrogen-bond acceptors (Lipinski definition) is 4. The first-order valence-electron chi connectivity index (χ1n) is 6.87. The molecule has 0 atom stereocenters. The third-order valence-corrected chi connectivity index (χ3v) is 2.91. The molecule has 2 rings (SSSR count). The Balaban J connectivity index is 1.96. The Labute approximate surface area is 132 Å². The zero-order valence-electron chi connectivity index (χ0n) is 12.4. The molecule has 120 valence electrons. The second-order valence-electron chi connectivity index (χ2n) is 4.85. The van der Waals surface area contributed by atoms with Gasteiger partial charge < -0.3 is 15.7 Å². The van der Waals surface area contributed by atoms with E-state index < -0.39 is 5.97 Å². The summed E-state index contributed by atoms with van der Waals surface area (Å²) in [6.07, 6.45) is 2.81. The van der Waals surface area contributed by atoms with Crippen molar-refractivity contribution in [2.75, 3.05) is 10.6 Å². The maximum Gasteiger partial charge on any atom is 0.305 e. The van der Waals surface area contributed by atoms with Gasteiger partial charge in [0.15, 0.2) is 0 Å². The number of carboxylic acids is 1. The normalized spacial score (nSPS) is 10.1. The van der Waals surface area contributed by atoms with Gasteiger partial charge in [0.25, 0.3) is 5.91 Å². The van der Waals surface area contributed by atoms with Crippen LogP contribution in [0.3, 0.4) is 0 Å². The first-order chi connectivity index (χ1) is 10.9. The number of aliphatic carboxylic acids is 1. The van der Waals surface area contributed by atoms with Crippen molar-refractivity contribution >= 4 is 29.2 Å². The molecular weight excluding hydrogens is 300 g/mol. The smallest absolute Gasteiger partial charge is 0.305 e. The molecule has 8 nitrogen and oxygen atoms in total. The van der Waals surface area contributed by atoms with Crippen molar-refractivity contribution in [2.24, 2.45) is 0 Å². The van der Waals surface area contributed by atoms with Crippen LogP contribution in [0, 0.1) is 0 Å². The highest BCUT2D eigenvalue weighted by atomic mass is 16.4. The second-order valence-corrected chi connectivity index (χ2v) is 4.85. The lowest BCUT2D eigenvalue weighted by Crippen LogP contribution is -2.11. The van der Waals surface area contributed by atoms with E-state index in [1.807, 2.05) is 0 Å². The van der Waals surface area contributed by atoms with Crippen LogP contribution < -0.4 is 10.6 Å². The summed E-state index contributed by atoms with van der Waals surface area (Å²) in [4.78, 5) is 33.5. The number of nitrogens with zero attached hydrogens (tertiary/aromatic N) is 2. The third kappa shape index (κ3) is 4.95. The van der Waals surface area contributed by atoms with E-state index in [2.05, 4.69) is 15.7 Å². The minimum absolute atomic E-state index is 0.0622. The Morgan fingerprint density at radius 2 is 1.74 bits per heavy atom. The second kappa shape index (κ2) is 7.21. The Bertz CT molecular complexity index is 721. The molecule has 0 unspecified atom stereocenters. The molecule has 3 N–H and O–H groups in total. The summed E-state index contributed by atoms with van der Waals surface area (Å²) < 4.78 is 1.41. The van der Waals surface area contributed by atoms with Crippen LogP contribution in [0.2, 0.25) is 0 Å². The number of hydrogen-bond donors (Lipinski definition) is 3. The van der Waals surface area contributed by atoms with Gasteiger partial charge in [-0.1, -0.05) is 0 Å². The van der Waals surface area contributed by atoms with E-state index in [0.29, 0.717) is 16.9 Å². The lowest BCUT2D eigenvalue weighted by Gasteiger charge is -2.05. The van der Waals surface area contributed by atoms with E-state index in [1.165, 1.54) is 24.0 Å². The Kier molecular flexibility index (Phi) is 5.08.